The summed E-state index contributed by atoms with van der Waals surface area (Å²) in [5.41, 5.74) is -0.425. The van der Waals surface area contributed by atoms with Gasteiger partial charge in [0.2, 0.25) is 0 Å². The van der Waals surface area contributed by atoms with Crippen LogP contribution in [0.1, 0.15) is 79.6 Å². The van der Waals surface area contributed by atoms with Gasteiger partial charge in [0, 0.05) is 5.41 Å². The smallest absolute Gasteiger partial charge is 0.136 e. The van der Waals surface area contributed by atoms with E-state index in [2.05, 4.69) is 43.6 Å². The molecule has 0 aromatic rings. The van der Waals surface area contributed by atoms with Crippen LogP contribution < -0.4 is 0 Å². The van der Waals surface area contributed by atoms with Gasteiger partial charge < -0.3 is 5.11 Å². The highest BCUT2D eigenvalue weighted by atomic mass is 79.9. The minimum Gasteiger partial charge on any atom is -0.393 e. The number of aliphatic hydroxyl groups excluding tert-OH is 1. The molecule has 0 spiro atoms. The molecule has 0 aliphatic heterocycles. The summed E-state index contributed by atoms with van der Waals surface area (Å²) in [4.78, 5) is 12.7. The maximum Gasteiger partial charge on any atom is 0.136 e. The van der Waals surface area contributed by atoms with Gasteiger partial charge >= 0.3 is 0 Å². The lowest BCUT2D eigenvalue weighted by Gasteiger charge is -2.65. The summed E-state index contributed by atoms with van der Waals surface area (Å²) >= 11 is 3.85. The predicted octanol–water partition coefficient (Wildman–Crippen LogP) is 5.70. The first kappa shape index (κ1) is 20.3. The molecule has 4 aliphatic carbocycles. The molecule has 4 fully saturated rings. The van der Waals surface area contributed by atoms with E-state index in [9.17, 15) is 9.90 Å². The monoisotopic (exact) mass is 442 g/mol. The van der Waals surface area contributed by atoms with Crippen LogP contribution >= 0.6 is 15.9 Å². The van der Waals surface area contributed by atoms with E-state index in [0.29, 0.717) is 42.3 Å². The molecule has 0 aromatic heterocycles. The minimum atomic E-state index is -0.930. The second-order valence-electron chi connectivity index (χ2n) is 11.1. The van der Waals surface area contributed by atoms with Crippen molar-refractivity contribution in [2.24, 2.45) is 39.9 Å². The number of halogens is 2. The largest absolute Gasteiger partial charge is 0.393 e. The highest BCUT2D eigenvalue weighted by Gasteiger charge is 2.70. The van der Waals surface area contributed by atoms with Crippen molar-refractivity contribution in [3.05, 3.63) is 0 Å². The zero-order valence-electron chi connectivity index (χ0n) is 17.5. The van der Waals surface area contributed by atoms with Gasteiger partial charge in [-0.25, -0.2) is 4.39 Å². The Morgan fingerprint density at radius 2 is 1.70 bits per heavy atom. The number of hydrogen-bond donors (Lipinski definition) is 1. The predicted molar refractivity (Wildman–Crippen MR) is 110 cm³/mol. The van der Waals surface area contributed by atoms with E-state index in [1.807, 2.05) is 0 Å². The van der Waals surface area contributed by atoms with Crippen LogP contribution in [-0.4, -0.2) is 27.5 Å². The fraction of sp³-hybridized carbons (Fsp3) is 0.957. The third-order valence-corrected chi connectivity index (χ3v) is 12.3. The SMILES string of the molecule is CC(=O)[C@@]1(C)[C@H](C)C[C@H]2[C@@H]3CC(F)[C@@]4(Br)C[C@H](O)CC[C@]4(C)[C@H]3CC[C@@]21C. The first-order valence-corrected chi connectivity index (χ1v) is 11.7. The quantitative estimate of drug-likeness (QED) is 0.528. The van der Waals surface area contributed by atoms with Crippen molar-refractivity contribution >= 4 is 21.7 Å². The first-order valence-electron chi connectivity index (χ1n) is 10.9. The minimum absolute atomic E-state index is 0.0179. The van der Waals surface area contributed by atoms with E-state index in [4.69, 9.17) is 0 Å². The molecule has 27 heavy (non-hydrogen) atoms. The Labute approximate surface area is 172 Å². The standard InChI is InChI=1S/C23H36BrFO2/c1-13-10-18-16-11-19(25)23(24)12-15(27)6-8-21(23,4)17(16)7-9-20(18,3)22(13,5)14(2)26/h13,15-19,27H,6-12H2,1-5H3/t13-,15-,16-,17+,18+,19?,20+,21-,22-,23+/m1/s1. The topological polar surface area (TPSA) is 37.3 Å². The van der Waals surface area contributed by atoms with Crippen LogP contribution in [-0.2, 0) is 4.79 Å². The molecule has 0 bridgehead atoms. The molecule has 1 unspecified atom stereocenters. The van der Waals surface area contributed by atoms with Gasteiger partial charge in [-0.15, -0.1) is 0 Å². The number of alkyl halides is 2. The highest BCUT2D eigenvalue weighted by molar-refractivity contribution is 9.10. The van der Waals surface area contributed by atoms with Crippen LogP contribution in [0.25, 0.3) is 0 Å². The van der Waals surface area contributed by atoms with Crippen LogP contribution in [0.5, 0.6) is 0 Å². The van der Waals surface area contributed by atoms with Gasteiger partial charge in [-0.05, 0) is 86.4 Å². The van der Waals surface area contributed by atoms with Crippen LogP contribution in [0.3, 0.4) is 0 Å². The van der Waals surface area contributed by atoms with Crippen LogP contribution in [0.4, 0.5) is 4.39 Å². The summed E-state index contributed by atoms with van der Waals surface area (Å²) in [6.45, 7) is 10.8. The molecule has 4 rings (SSSR count). The lowest BCUT2D eigenvalue weighted by molar-refractivity contribution is -0.156. The Kier molecular flexibility index (Phi) is 4.54. The number of fused-ring (bicyclic) bond motifs is 5. The fourth-order valence-electron chi connectivity index (χ4n) is 8.49. The number of hydrogen-bond acceptors (Lipinski definition) is 2. The van der Waals surface area contributed by atoms with Gasteiger partial charge in [0.05, 0.1) is 10.4 Å². The van der Waals surface area contributed by atoms with Crippen molar-refractivity contribution in [3.63, 3.8) is 0 Å². The van der Waals surface area contributed by atoms with E-state index in [0.717, 1.165) is 32.1 Å². The molecule has 1 N–H and O–H groups in total. The van der Waals surface area contributed by atoms with Crippen molar-refractivity contribution in [3.8, 4) is 0 Å². The first-order chi connectivity index (χ1) is 12.4. The van der Waals surface area contributed by atoms with Gasteiger partial charge in [0.25, 0.3) is 0 Å². The Balaban J connectivity index is 1.74. The van der Waals surface area contributed by atoms with Crippen molar-refractivity contribution in [1.82, 2.24) is 0 Å². The van der Waals surface area contributed by atoms with Gasteiger partial charge in [0.1, 0.15) is 12.0 Å². The normalized spacial score (nSPS) is 60.3. The zero-order chi connectivity index (χ0) is 20.0. The summed E-state index contributed by atoms with van der Waals surface area (Å²) in [5, 5.41) is 10.3. The second kappa shape index (κ2) is 6.03. The average molecular weight is 443 g/mol. The average Bonchev–Trinajstić information content (AvgIpc) is 2.80. The van der Waals surface area contributed by atoms with Gasteiger partial charge in [-0.1, -0.05) is 43.6 Å². The van der Waals surface area contributed by atoms with Crippen molar-refractivity contribution in [1.29, 1.82) is 0 Å². The molecule has 10 atom stereocenters. The molecule has 0 saturated heterocycles. The van der Waals surface area contributed by atoms with Crippen molar-refractivity contribution < 1.29 is 14.3 Å². The molecule has 4 saturated carbocycles. The number of aliphatic hydroxyl groups is 1. The Morgan fingerprint density at radius 1 is 1.07 bits per heavy atom. The molecular formula is C23H36BrFO2. The van der Waals surface area contributed by atoms with E-state index in [1.165, 1.54) is 0 Å². The summed E-state index contributed by atoms with van der Waals surface area (Å²) < 4.78 is 15.1. The lowest BCUT2D eigenvalue weighted by atomic mass is 9.43. The molecule has 0 radical (unpaired) electrons. The molecule has 0 aromatic carbocycles. The number of ketones is 1. The number of Topliss-reactive ketones (excluding diaryl/α,β-unsaturated/α-hetero) is 1. The molecular weight excluding hydrogens is 407 g/mol. The van der Waals surface area contributed by atoms with E-state index < -0.39 is 16.6 Å². The van der Waals surface area contributed by atoms with Crippen molar-refractivity contribution in [2.75, 3.05) is 0 Å². The Bertz CT molecular complexity index is 654. The molecule has 2 nitrogen and oxygen atoms in total. The summed E-state index contributed by atoms with van der Waals surface area (Å²) in [6, 6.07) is 0. The lowest BCUT2D eigenvalue weighted by Crippen LogP contribution is -2.65. The third kappa shape index (κ3) is 2.29. The zero-order valence-corrected chi connectivity index (χ0v) is 19.1. The number of rotatable bonds is 1. The molecule has 4 heteroatoms. The number of carbonyl (C=O) groups is 1. The highest BCUT2D eigenvalue weighted by Crippen LogP contribution is 2.73. The van der Waals surface area contributed by atoms with E-state index >= 15 is 4.39 Å². The van der Waals surface area contributed by atoms with E-state index in [1.54, 1.807) is 6.92 Å². The van der Waals surface area contributed by atoms with Gasteiger partial charge in [-0.2, -0.15) is 0 Å². The third-order valence-electron chi connectivity index (χ3n) is 10.6. The van der Waals surface area contributed by atoms with Gasteiger partial charge in [0.15, 0.2) is 0 Å². The maximum absolute atomic E-state index is 15.7. The second-order valence-corrected chi connectivity index (χ2v) is 12.5. The molecule has 154 valence electrons. The summed E-state index contributed by atoms with van der Waals surface area (Å²) in [5.74, 6) is 1.94. The molecule has 4 aliphatic rings. The van der Waals surface area contributed by atoms with Crippen LogP contribution in [0, 0.1) is 39.9 Å². The Hall–Kier alpha value is 0.0400. The fourth-order valence-corrected chi connectivity index (χ4v) is 9.55. The van der Waals surface area contributed by atoms with Gasteiger partial charge in [-0.3, -0.25) is 4.79 Å². The summed E-state index contributed by atoms with van der Waals surface area (Å²) in [6.07, 6.45) is 4.66. The maximum atomic E-state index is 15.7. The van der Waals surface area contributed by atoms with Crippen LogP contribution in [0.15, 0.2) is 0 Å². The Morgan fingerprint density at radius 3 is 2.33 bits per heavy atom. The molecule has 0 heterocycles. The van der Waals surface area contributed by atoms with Crippen molar-refractivity contribution in [2.45, 2.75) is 96.2 Å². The van der Waals surface area contributed by atoms with Crippen LogP contribution in [0.2, 0.25) is 0 Å². The molecule has 0 amide bonds. The summed E-state index contributed by atoms with van der Waals surface area (Å²) in [7, 11) is 0. The number of carbonyl (C=O) groups excluding carboxylic acids is 1. The van der Waals surface area contributed by atoms with E-state index in [-0.39, 0.29) is 16.2 Å².